The Morgan fingerprint density at radius 2 is 2.00 bits per heavy atom. The molecular weight excluding hydrogens is 244 g/mol. The van der Waals surface area contributed by atoms with Gasteiger partial charge in [-0.05, 0) is 12.1 Å². The lowest BCUT2D eigenvalue weighted by Gasteiger charge is -2.12. The first-order valence-electron chi connectivity index (χ1n) is 4.51. The van der Waals surface area contributed by atoms with Gasteiger partial charge in [-0.3, -0.25) is 9.59 Å². The number of nitrogens with two attached hydrogens (primary N) is 1. The number of carbonyl (C=O) groups is 2. The number of imide groups is 1. The molecule has 1 saturated heterocycles. The molecule has 1 aromatic rings. The van der Waals surface area contributed by atoms with Crippen LogP contribution in [0.15, 0.2) is 30.3 Å². The molecule has 1 heterocycles. The van der Waals surface area contributed by atoms with E-state index in [-0.39, 0.29) is 4.32 Å². The molecule has 0 saturated carbocycles. The molecule has 0 aromatic heterocycles. The first-order valence-corrected chi connectivity index (χ1v) is 5.79. The predicted octanol–water partition coefficient (Wildman–Crippen LogP) is 0.972. The number of rotatable bonds is 1. The van der Waals surface area contributed by atoms with E-state index in [1.807, 2.05) is 0 Å². The molecule has 2 amide bonds. The zero-order valence-corrected chi connectivity index (χ0v) is 9.75. The van der Waals surface area contributed by atoms with Crippen LogP contribution in [0.2, 0.25) is 0 Å². The molecule has 6 heteroatoms. The second-order valence-corrected chi connectivity index (χ2v) is 4.92. The molecule has 16 heavy (non-hydrogen) atoms. The molecular formula is C10H8N2O2S2. The van der Waals surface area contributed by atoms with Crippen molar-refractivity contribution in [2.75, 3.05) is 0 Å². The molecule has 82 valence electrons. The third kappa shape index (κ3) is 1.87. The van der Waals surface area contributed by atoms with Gasteiger partial charge in [-0.2, -0.15) is 0 Å². The van der Waals surface area contributed by atoms with E-state index in [1.165, 1.54) is 0 Å². The number of nitrogens with zero attached hydrogens (tertiary/aromatic N) is 1. The largest absolute Gasteiger partial charge is 0.311 e. The van der Waals surface area contributed by atoms with Gasteiger partial charge in [0.1, 0.15) is 5.37 Å². The number of thioether (sulfide) groups is 1. The maximum absolute atomic E-state index is 12.0. The van der Waals surface area contributed by atoms with E-state index in [2.05, 4.69) is 0 Å². The molecule has 0 bridgehead atoms. The first kappa shape index (κ1) is 11.3. The summed E-state index contributed by atoms with van der Waals surface area (Å²) >= 11 is 5.96. The fourth-order valence-electron chi connectivity index (χ4n) is 1.32. The zero-order valence-electron chi connectivity index (χ0n) is 8.12. The van der Waals surface area contributed by atoms with Gasteiger partial charge in [0, 0.05) is 5.56 Å². The zero-order chi connectivity index (χ0) is 11.7. The summed E-state index contributed by atoms with van der Waals surface area (Å²) in [6, 6.07) is 8.51. The van der Waals surface area contributed by atoms with Gasteiger partial charge in [-0.1, -0.05) is 42.2 Å². The Morgan fingerprint density at radius 3 is 2.50 bits per heavy atom. The maximum atomic E-state index is 12.0. The average Bonchev–Trinajstić information content (AvgIpc) is 2.54. The number of amides is 2. The van der Waals surface area contributed by atoms with Gasteiger partial charge in [0.15, 0.2) is 4.32 Å². The fourth-order valence-corrected chi connectivity index (χ4v) is 2.51. The van der Waals surface area contributed by atoms with Crippen molar-refractivity contribution in [2.45, 2.75) is 5.37 Å². The number of thiocarbonyl (C=S) groups is 1. The van der Waals surface area contributed by atoms with Crippen molar-refractivity contribution >= 4 is 40.1 Å². The topological polar surface area (TPSA) is 63.4 Å². The van der Waals surface area contributed by atoms with Crippen molar-refractivity contribution in [1.82, 2.24) is 4.90 Å². The van der Waals surface area contributed by atoms with Crippen molar-refractivity contribution in [3.8, 4) is 0 Å². The summed E-state index contributed by atoms with van der Waals surface area (Å²) in [7, 11) is 0. The molecule has 1 atom stereocenters. The highest BCUT2D eigenvalue weighted by Crippen LogP contribution is 2.25. The van der Waals surface area contributed by atoms with Crippen LogP contribution in [0.25, 0.3) is 0 Å². The van der Waals surface area contributed by atoms with Crippen LogP contribution < -0.4 is 5.73 Å². The summed E-state index contributed by atoms with van der Waals surface area (Å²) in [5, 5.41) is -0.764. The quantitative estimate of drug-likeness (QED) is 0.596. The average molecular weight is 252 g/mol. The normalized spacial score (nSPS) is 20.3. The van der Waals surface area contributed by atoms with Gasteiger partial charge in [0.05, 0.1) is 0 Å². The van der Waals surface area contributed by atoms with E-state index in [0.29, 0.717) is 5.56 Å². The molecule has 1 aliphatic heterocycles. The highest BCUT2D eigenvalue weighted by Gasteiger charge is 2.38. The van der Waals surface area contributed by atoms with Crippen molar-refractivity contribution in [3.05, 3.63) is 35.9 Å². The number of carbonyl (C=O) groups excluding carboxylic acids is 2. The van der Waals surface area contributed by atoms with Gasteiger partial charge >= 0.3 is 0 Å². The monoisotopic (exact) mass is 252 g/mol. The molecule has 0 radical (unpaired) electrons. The lowest BCUT2D eigenvalue weighted by atomic mass is 10.2. The van der Waals surface area contributed by atoms with Gasteiger partial charge < -0.3 is 5.73 Å². The minimum atomic E-state index is -0.764. The third-order valence-electron chi connectivity index (χ3n) is 2.10. The van der Waals surface area contributed by atoms with Crippen molar-refractivity contribution in [1.29, 1.82) is 0 Å². The Labute approximate surface area is 102 Å². The van der Waals surface area contributed by atoms with Crippen LogP contribution in [-0.4, -0.2) is 26.4 Å². The molecule has 1 aliphatic rings. The van der Waals surface area contributed by atoms with E-state index in [9.17, 15) is 9.59 Å². The molecule has 1 fully saturated rings. The second kappa shape index (κ2) is 4.32. The highest BCUT2D eigenvalue weighted by molar-refractivity contribution is 8.24. The smallest absolute Gasteiger partial charge is 0.266 e. The highest BCUT2D eigenvalue weighted by atomic mass is 32.2. The van der Waals surface area contributed by atoms with E-state index in [4.69, 9.17) is 18.0 Å². The molecule has 4 nitrogen and oxygen atoms in total. The van der Waals surface area contributed by atoms with Crippen LogP contribution in [-0.2, 0) is 4.79 Å². The van der Waals surface area contributed by atoms with Gasteiger partial charge in [0.2, 0.25) is 0 Å². The second-order valence-electron chi connectivity index (χ2n) is 3.15. The van der Waals surface area contributed by atoms with E-state index in [0.717, 1.165) is 16.7 Å². The molecule has 2 rings (SSSR count). The summed E-state index contributed by atoms with van der Waals surface area (Å²) in [6.45, 7) is 0. The molecule has 2 N–H and O–H groups in total. The molecule has 1 aromatic carbocycles. The Hall–Kier alpha value is -1.24. The van der Waals surface area contributed by atoms with Gasteiger partial charge in [-0.15, -0.1) is 0 Å². The standard InChI is InChI=1S/C10H8N2O2S2/c11-7-9(14)12(10(15)16-7)8(13)6-4-2-1-3-5-6/h1-5,7H,11H2. The molecule has 1 unspecified atom stereocenters. The predicted molar refractivity (Wildman–Crippen MR) is 65.8 cm³/mol. The number of hydrogen-bond acceptors (Lipinski definition) is 5. The Balaban J connectivity index is 2.30. The summed E-state index contributed by atoms with van der Waals surface area (Å²) in [4.78, 5) is 24.5. The van der Waals surface area contributed by atoms with Crippen LogP contribution in [0.3, 0.4) is 0 Å². The first-order chi connectivity index (χ1) is 7.61. The number of benzene rings is 1. The summed E-state index contributed by atoms with van der Waals surface area (Å²) in [6.07, 6.45) is 0. The molecule has 0 spiro atoms. The minimum Gasteiger partial charge on any atom is -0.311 e. The lowest BCUT2D eigenvalue weighted by molar-refractivity contribution is -0.124. The summed E-state index contributed by atoms with van der Waals surface area (Å²) in [5.41, 5.74) is 5.93. The fraction of sp³-hybridized carbons (Fsp3) is 0.100. The van der Waals surface area contributed by atoms with Crippen LogP contribution in [0.4, 0.5) is 0 Å². The third-order valence-corrected chi connectivity index (χ3v) is 3.41. The minimum absolute atomic E-state index is 0.214. The van der Waals surface area contributed by atoms with Crippen LogP contribution in [0, 0.1) is 0 Å². The molecule has 0 aliphatic carbocycles. The lowest BCUT2D eigenvalue weighted by Crippen LogP contribution is -2.39. The van der Waals surface area contributed by atoms with Crippen LogP contribution in [0.5, 0.6) is 0 Å². The van der Waals surface area contributed by atoms with Gasteiger partial charge in [0.25, 0.3) is 11.8 Å². The SMILES string of the molecule is NC1SC(=S)N(C(=O)c2ccccc2)C1=O. The van der Waals surface area contributed by atoms with Gasteiger partial charge in [-0.25, -0.2) is 4.90 Å². The van der Waals surface area contributed by atoms with E-state index < -0.39 is 17.2 Å². The Kier molecular flexibility index (Phi) is 3.04. The summed E-state index contributed by atoms with van der Waals surface area (Å²) < 4.78 is 0.214. The van der Waals surface area contributed by atoms with Crippen molar-refractivity contribution in [2.24, 2.45) is 5.73 Å². The van der Waals surface area contributed by atoms with E-state index >= 15 is 0 Å². The number of hydrogen-bond donors (Lipinski definition) is 1. The Morgan fingerprint density at radius 1 is 1.38 bits per heavy atom. The van der Waals surface area contributed by atoms with Crippen molar-refractivity contribution < 1.29 is 9.59 Å². The van der Waals surface area contributed by atoms with Crippen molar-refractivity contribution in [3.63, 3.8) is 0 Å². The van der Waals surface area contributed by atoms with Crippen LogP contribution >= 0.6 is 24.0 Å². The van der Waals surface area contributed by atoms with E-state index in [1.54, 1.807) is 30.3 Å². The summed E-state index contributed by atoms with van der Waals surface area (Å²) in [5.74, 6) is -0.875. The van der Waals surface area contributed by atoms with Crippen LogP contribution in [0.1, 0.15) is 10.4 Å². The Bertz CT molecular complexity index is 461. The maximum Gasteiger partial charge on any atom is 0.266 e.